The van der Waals surface area contributed by atoms with Crippen molar-refractivity contribution in [1.82, 2.24) is 10.3 Å². The standard InChI is InChI=1S/C13H12N2O4/c16-12(17)7-10(9-3-1-5-14-8-9)15-13(18)11-4-2-6-19-11/h1-6,8,10H,7H2,(H,15,18)(H,16,17). The van der Waals surface area contributed by atoms with Crippen molar-refractivity contribution in [1.29, 1.82) is 0 Å². The summed E-state index contributed by atoms with van der Waals surface area (Å²) in [5.74, 6) is -1.33. The second-order valence-electron chi connectivity index (χ2n) is 3.89. The van der Waals surface area contributed by atoms with Gasteiger partial charge in [-0.15, -0.1) is 0 Å². The van der Waals surface area contributed by atoms with E-state index in [-0.39, 0.29) is 12.2 Å². The lowest BCUT2D eigenvalue weighted by Gasteiger charge is -2.16. The van der Waals surface area contributed by atoms with E-state index in [9.17, 15) is 9.59 Å². The van der Waals surface area contributed by atoms with Gasteiger partial charge in [-0.3, -0.25) is 14.6 Å². The number of nitrogens with zero attached hydrogens (tertiary/aromatic N) is 1. The van der Waals surface area contributed by atoms with E-state index in [1.165, 1.54) is 18.5 Å². The topological polar surface area (TPSA) is 92.4 Å². The first-order chi connectivity index (χ1) is 9.16. The second kappa shape index (κ2) is 5.81. The molecule has 0 bridgehead atoms. The van der Waals surface area contributed by atoms with Gasteiger partial charge in [0.05, 0.1) is 18.7 Å². The third-order valence-electron chi connectivity index (χ3n) is 2.52. The van der Waals surface area contributed by atoms with Gasteiger partial charge in [-0.05, 0) is 23.8 Å². The first-order valence-corrected chi connectivity index (χ1v) is 5.63. The highest BCUT2D eigenvalue weighted by atomic mass is 16.4. The van der Waals surface area contributed by atoms with Crippen LogP contribution in [-0.2, 0) is 4.79 Å². The zero-order valence-corrected chi connectivity index (χ0v) is 9.95. The molecule has 0 radical (unpaired) electrons. The van der Waals surface area contributed by atoms with E-state index in [4.69, 9.17) is 9.52 Å². The molecule has 2 aromatic heterocycles. The molecule has 0 fully saturated rings. The molecule has 98 valence electrons. The fourth-order valence-electron chi connectivity index (χ4n) is 1.65. The van der Waals surface area contributed by atoms with E-state index in [0.717, 1.165) is 0 Å². The van der Waals surface area contributed by atoms with E-state index in [1.54, 1.807) is 24.4 Å². The molecule has 0 aliphatic rings. The number of aromatic nitrogens is 1. The summed E-state index contributed by atoms with van der Waals surface area (Å²) in [4.78, 5) is 26.6. The number of carboxylic acid groups (broad SMARTS) is 1. The van der Waals surface area contributed by atoms with Crippen LogP contribution in [0.1, 0.15) is 28.6 Å². The monoisotopic (exact) mass is 260 g/mol. The maximum absolute atomic E-state index is 11.9. The molecule has 2 N–H and O–H groups in total. The van der Waals surface area contributed by atoms with Gasteiger partial charge in [0, 0.05) is 12.4 Å². The Kier molecular flexibility index (Phi) is 3.92. The minimum Gasteiger partial charge on any atom is -0.481 e. The van der Waals surface area contributed by atoms with Gasteiger partial charge in [0.25, 0.3) is 5.91 Å². The van der Waals surface area contributed by atoms with E-state index in [0.29, 0.717) is 5.56 Å². The first-order valence-electron chi connectivity index (χ1n) is 5.63. The minimum absolute atomic E-state index is 0.138. The molecule has 1 amide bonds. The van der Waals surface area contributed by atoms with Gasteiger partial charge in [-0.2, -0.15) is 0 Å². The Morgan fingerprint density at radius 1 is 1.37 bits per heavy atom. The van der Waals surface area contributed by atoms with Gasteiger partial charge in [-0.1, -0.05) is 6.07 Å². The maximum Gasteiger partial charge on any atom is 0.305 e. The molecule has 0 saturated carbocycles. The summed E-state index contributed by atoms with van der Waals surface area (Å²) < 4.78 is 4.96. The molecule has 6 nitrogen and oxygen atoms in total. The highest BCUT2D eigenvalue weighted by molar-refractivity contribution is 5.91. The van der Waals surface area contributed by atoms with Gasteiger partial charge in [0.2, 0.25) is 0 Å². The summed E-state index contributed by atoms with van der Waals surface area (Å²) in [5, 5.41) is 11.5. The van der Waals surface area contributed by atoms with Crippen LogP contribution in [0.2, 0.25) is 0 Å². The Morgan fingerprint density at radius 3 is 2.79 bits per heavy atom. The number of hydrogen-bond donors (Lipinski definition) is 2. The lowest BCUT2D eigenvalue weighted by atomic mass is 10.1. The predicted octanol–water partition coefficient (Wildman–Crippen LogP) is 1.62. The molecule has 0 spiro atoms. The largest absolute Gasteiger partial charge is 0.481 e. The highest BCUT2D eigenvalue weighted by Crippen LogP contribution is 2.16. The third-order valence-corrected chi connectivity index (χ3v) is 2.52. The van der Waals surface area contributed by atoms with Crippen LogP contribution >= 0.6 is 0 Å². The molecule has 0 saturated heterocycles. The Bertz CT molecular complexity index is 551. The number of rotatable bonds is 5. The number of pyridine rings is 1. The molecule has 2 aromatic rings. The molecule has 0 aliphatic heterocycles. The van der Waals surface area contributed by atoms with Crippen LogP contribution in [0.4, 0.5) is 0 Å². The normalized spacial score (nSPS) is 11.8. The van der Waals surface area contributed by atoms with Gasteiger partial charge in [-0.25, -0.2) is 0 Å². The molecule has 1 unspecified atom stereocenters. The van der Waals surface area contributed by atoms with E-state index >= 15 is 0 Å². The smallest absolute Gasteiger partial charge is 0.305 e. The molecule has 19 heavy (non-hydrogen) atoms. The van der Waals surface area contributed by atoms with Crippen LogP contribution in [0.3, 0.4) is 0 Å². The van der Waals surface area contributed by atoms with E-state index in [2.05, 4.69) is 10.3 Å². The van der Waals surface area contributed by atoms with Crippen LogP contribution in [0.25, 0.3) is 0 Å². The van der Waals surface area contributed by atoms with Crippen LogP contribution in [0, 0.1) is 0 Å². The van der Waals surface area contributed by atoms with E-state index < -0.39 is 17.9 Å². The van der Waals surface area contributed by atoms with E-state index in [1.807, 2.05) is 0 Å². The fourth-order valence-corrected chi connectivity index (χ4v) is 1.65. The zero-order valence-electron chi connectivity index (χ0n) is 9.95. The van der Waals surface area contributed by atoms with Crippen LogP contribution in [0.5, 0.6) is 0 Å². The van der Waals surface area contributed by atoms with Gasteiger partial charge in [0.1, 0.15) is 0 Å². The number of carbonyl (C=O) groups excluding carboxylic acids is 1. The van der Waals surface area contributed by atoms with Crippen molar-refractivity contribution in [2.75, 3.05) is 0 Å². The Balaban J connectivity index is 2.15. The van der Waals surface area contributed by atoms with Gasteiger partial charge < -0.3 is 14.8 Å². The quantitative estimate of drug-likeness (QED) is 0.852. The number of nitrogens with one attached hydrogen (secondary N) is 1. The summed E-state index contributed by atoms with van der Waals surface area (Å²) in [7, 11) is 0. The summed E-state index contributed by atoms with van der Waals surface area (Å²) in [6.45, 7) is 0. The number of carbonyl (C=O) groups is 2. The zero-order chi connectivity index (χ0) is 13.7. The summed E-state index contributed by atoms with van der Waals surface area (Å²) in [5.41, 5.74) is 0.629. The van der Waals surface area contributed by atoms with Crippen molar-refractivity contribution in [3.8, 4) is 0 Å². The fraction of sp³-hybridized carbons (Fsp3) is 0.154. The van der Waals surface area contributed by atoms with Gasteiger partial charge >= 0.3 is 5.97 Å². The highest BCUT2D eigenvalue weighted by Gasteiger charge is 2.20. The van der Waals surface area contributed by atoms with Crippen molar-refractivity contribution in [2.45, 2.75) is 12.5 Å². The van der Waals surface area contributed by atoms with Crippen molar-refractivity contribution in [3.63, 3.8) is 0 Å². The summed E-state index contributed by atoms with van der Waals surface area (Å²) in [6.07, 6.45) is 4.26. The molecule has 2 heterocycles. The average molecular weight is 260 g/mol. The third kappa shape index (κ3) is 3.41. The molecule has 1 atom stereocenters. The van der Waals surface area contributed by atoms with Gasteiger partial charge in [0.15, 0.2) is 5.76 Å². The summed E-state index contributed by atoms with van der Waals surface area (Å²) >= 11 is 0. The number of hydrogen-bond acceptors (Lipinski definition) is 4. The Hall–Kier alpha value is -2.63. The molecule has 0 aliphatic carbocycles. The molecule has 6 heteroatoms. The van der Waals surface area contributed by atoms with Crippen molar-refractivity contribution in [2.24, 2.45) is 0 Å². The molecule has 0 aromatic carbocycles. The molecular formula is C13H12N2O4. The first kappa shape index (κ1) is 12.8. The van der Waals surface area contributed by atoms with Crippen molar-refractivity contribution >= 4 is 11.9 Å². The minimum atomic E-state index is -1.01. The lowest BCUT2D eigenvalue weighted by molar-refractivity contribution is -0.137. The maximum atomic E-state index is 11.9. The molecule has 2 rings (SSSR count). The molecular weight excluding hydrogens is 248 g/mol. The van der Waals surface area contributed by atoms with Crippen molar-refractivity contribution < 1.29 is 19.1 Å². The van der Waals surface area contributed by atoms with Crippen LogP contribution < -0.4 is 5.32 Å². The van der Waals surface area contributed by atoms with Crippen LogP contribution in [-0.4, -0.2) is 22.0 Å². The Labute approximate surface area is 109 Å². The van der Waals surface area contributed by atoms with Crippen molar-refractivity contribution in [3.05, 3.63) is 54.2 Å². The number of carboxylic acids is 1. The lowest BCUT2D eigenvalue weighted by Crippen LogP contribution is -2.30. The second-order valence-corrected chi connectivity index (χ2v) is 3.89. The number of furan rings is 1. The summed E-state index contributed by atoms with van der Waals surface area (Å²) in [6, 6.07) is 5.84. The SMILES string of the molecule is O=C(O)CC(NC(=O)c1ccco1)c1cccnc1. The Morgan fingerprint density at radius 2 is 2.21 bits per heavy atom. The predicted molar refractivity (Wildman–Crippen MR) is 65.4 cm³/mol. The number of aliphatic carboxylic acids is 1. The average Bonchev–Trinajstić information content (AvgIpc) is 2.92. The van der Waals surface area contributed by atoms with Crippen LogP contribution in [0.15, 0.2) is 47.3 Å². The number of amides is 1.